The molecule has 0 aliphatic carbocycles. The van der Waals surface area contributed by atoms with Gasteiger partial charge in [0.1, 0.15) is 0 Å². The molecule has 2 N–H and O–H groups in total. The average molecular weight is 276 g/mol. The molecule has 0 unspecified atom stereocenters. The zero-order valence-corrected chi connectivity index (χ0v) is 12.5. The first-order valence-corrected chi connectivity index (χ1v) is 7.27. The monoisotopic (exact) mass is 276 g/mol. The first-order valence-electron chi connectivity index (χ1n) is 7.27. The highest BCUT2D eigenvalue weighted by Crippen LogP contribution is 2.15. The van der Waals surface area contributed by atoms with Gasteiger partial charge >= 0.3 is 0 Å². The third kappa shape index (κ3) is 4.68. The number of carbonyl (C=O) groups excluding carboxylic acids is 2. The van der Waals surface area contributed by atoms with Gasteiger partial charge in [0.15, 0.2) is 0 Å². The maximum atomic E-state index is 11.9. The summed E-state index contributed by atoms with van der Waals surface area (Å²) in [6.07, 6.45) is 2.45. The number of nitrogens with one attached hydrogen (secondary N) is 2. The lowest BCUT2D eigenvalue weighted by molar-refractivity contribution is -0.127. The van der Waals surface area contributed by atoms with Gasteiger partial charge < -0.3 is 10.6 Å². The Morgan fingerprint density at radius 3 is 2.35 bits per heavy atom. The first-order chi connectivity index (χ1) is 9.62. The Bertz CT molecular complexity index is 454. The Balaban J connectivity index is 2.50. The Morgan fingerprint density at radius 2 is 1.75 bits per heavy atom. The second kappa shape index (κ2) is 8.35. The highest BCUT2D eigenvalue weighted by molar-refractivity contribution is 5.95. The number of rotatable bonds is 7. The zero-order valence-electron chi connectivity index (χ0n) is 12.5. The van der Waals surface area contributed by atoms with Gasteiger partial charge in [0, 0.05) is 11.6 Å². The van der Waals surface area contributed by atoms with Crippen molar-refractivity contribution in [2.24, 2.45) is 5.92 Å². The fraction of sp³-hybridized carbons (Fsp3) is 0.500. The SMILES string of the molecule is CCc1ccccc1NC(=O)CNC(=O)C(CC)CC. The van der Waals surface area contributed by atoms with Gasteiger partial charge in [0.2, 0.25) is 11.8 Å². The van der Waals surface area contributed by atoms with E-state index in [0.29, 0.717) is 0 Å². The second-order valence-electron chi connectivity index (χ2n) is 4.79. The van der Waals surface area contributed by atoms with Gasteiger partial charge in [-0.15, -0.1) is 0 Å². The van der Waals surface area contributed by atoms with Gasteiger partial charge in [0.25, 0.3) is 0 Å². The average Bonchev–Trinajstić information content (AvgIpc) is 2.47. The van der Waals surface area contributed by atoms with Gasteiger partial charge in [-0.1, -0.05) is 39.0 Å². The number of amides is 2. The number of benzene rings is 1. The van der Waals surface area contributed by atoms with Crippen LogP contribution in [0.15, 0.2) is 24.3 Å². The van der Waals surface area contributed by atoms with Crippen molar-refractivity contribution in [3.63, 3.8) is 0 Å². The quantitative estimate of drug-likeness (QED) is 0.804. The summed E-state index contributed by atoms with van der Waals surface area (Å²) < 4.78 is 0. The number of hydrogen-bond donors (Lipinski definition) is 2. The second-order valence-corrected chi connectivity index (χ2v) is 4.79. The van der Waals surface area contributed by atoms with Crippen LogP contribution in [0.25, 0.3) is 0 Å². The van der Waals surface area contributed by atoms with Crippen molar-refractivity contribution in [3.05, 3.63) is 29.8 Å². The summed E-state index contributed by atoms with van der Waals surface area (Å²) in [6.45, 7) is 6.02. The largest absolute Gasteiger partial charge is 0.347 e. The smallest absolute Gasteiger partial charge is 0.243 e. The summed E-state index contributed by atoms with van der Waals surface area (Å²) in [4.78, 5) is 23.7. The van der Waals surface area contributed by atoms with Crippen molar-refractivity contribution in [2.45, 2.75) is 40.0 Å². The number of hydrogen-bond acceptors (Lipinski definition) is 2. The Labute approximate surface area is 121 Å². The minimum absolute atomic E-state index is 0.00859. The van der Waals surface area contributed by atoms with Crippen LogP contribution >= 0.6 is 0 Å². The molecule has 0 aromatic heterocycles. The summed E-state index contributed by atoms with van der Waals surface area (Å²) in [5.74, 6) is -0.245. The Hall–Kier alpha value is -1.84. The van der Waals surface area contributed by atoms with Crippen LogP contribution in [0, 0.1) is 5.92 Å². The van der Waals surface area contributed by atoms with E-state index in [1.807, 2.05) is 45.0 Å². The van der Waals surface area contributed by atoms with E-state index < -0.39 is 0 Å². The highest BCUT2D eigenvalue weighted by atomic mass is 16.2. The molecule has 0 heterocycles. The molecular weight excluding hydrogens is 252 g/mol. The molecule has 0 aliphatic heterocycles. The summed E-state index contributed by atoms with van der Waals surface area (Å²) in [7, 11) is 0. The van der Waals surface area contributed by atoms with E-state index in [4.69, 9.17) is 0 Å². The molecule has 0 saturated heterocycles. The molecule has 0 saturated carbocycles. The Morgan fingerprint density at radius 1 is 1.10 bits per heavy atom. The topological polar surface area (TPSA) is 58.2 Å². The summed E-state index contributed by atoms with van der Waals surface area (Å²) in [5, 5.41) is 5.53. The molecule has 4 nitrogen and oxygen atoms in total. The van der Waals surface area contributed by atoms with Crippen molar-refractivity contribution < 1.29 is 9.59 Å². The van der Waals surface area contributed by atoms with Crippen molar-refractivity contribution in [1.82, 2.24) is 5.32 Å². The molecule has 0 bridgehead atoms. The van der Waals surface area contributed by atoms with Crippen LogP contribution in [0.3, 0.4) is 0 Å². The van der Waals surface area contributed by atoms with Crippen LogP contribution in [-0.4, -0.2) is 18.4 Å². The maximum absolute atomic E-state index is 11.9. The molecule has 0 atom stereocenters. The lowest BCUT2D eigenvalue weighted by Gasteiger charge is -2.13. The number of para-hydroxylation sites is 1. The Kier molecular flexibility index (Phi) is 6.77. The van der Waals surface area contributed by atoms with E-state index in [1.165, 1.54) is 0 Å². The fourth-order valence-corrected chi connectivity index (χ4v) is 2.12. The highest BCUT2D eigenvalue weighted by Gasteiger charge is 2.15. The first kappa shape index (κ1) is 16.2. The third-order valence-electron chi connectivity index (χ3n) is 3.45. The van der Waals surface area contributed by atoms with Crippen molar-refractivity contribution in [3.8, 4) is 0 Å². The lowest BCUT2D eigenvalue weighted by atomic mass is 10.0. The molecular formula is C16H24N2O2. The van der Waals surface area contributed by atoms with Crippen LogP contribution in [0.5, 0.6) is 0 Å². The maximum Gasteiger partial charge on any atom is 0.243 e. The molecule has 1 rings (SSSR count). The van der Waals surface area contributed by atoms with Crippen LogP contribution in [-0.2, 0) is 16.0 Å². The molecule has 0 spiro atoms. The molecule has 0 fully saturated rings. The predicted octanol–water partition coefficient (Wildman–Crippen LogP) is 2.74. The van der Waals surface area contributed by atoms with Crippen LogP contribution in [0.2, 0.25) is 0 Å². The van der Waals surface area contributed by atoms with Gasteiger partial charge in [-0.2, -0.15) is 0 Å². The molecule has 1 aromatic rings. The van der Waals surface area contributed by atoms with E-state index >= 15 is 0 Å². The molecule has 20 heavy (non-hydrogen) atoms. The molecule has 0 radical (unpaired) electrons. The summed E-state index contributed by atoms with van der Waals surface area (Å²) in [5.41, 5.74) is 1.91. The van der Waals surface area contributed by atoms with Crippen molar-refractivity contribution in [1.29, 1.82) is 0 Å². The van der Waals surface area contributed by atoms with Gasteiger partial charge in [-0.3, -0.25) is 9.59 Å². The molecule has 4 heteroatoms. The predicted molar refractivity (Wildman–Crippen MR) is 81.5 cm³/mol. The van der Waals surface area contributed by atoms with Crippen molar-refractivity contribution >= 4 is 17.5 Å². The van der Waals surface area contributed by atoms with Gasteiger partial charge in [-0.25, -0.2) is 0 Å². The van der Waals surface area contributed by atoms with Crippen LogP contribution in [0.1, 0.15) is 39.2 Å². The van der Waals surface area contributed by atoms with Crippen molar-refractivity contribution in [2.75, 3.05) is 11.9 Å². The number of aryl methyl sites for hydroxylation is 1. The molecule has 2 amide bonds. The van der Waals surface area contributed by atoms with Crippen LogP contribution in [0.4, 0.5) is 5.69 Å². The molecule has 110 valence electrons. The number of anilines is 1. The minimum Gasteiger partial charge on any atom is -0.347 e. The van der Waals surface area contributed by atoms with E-state index in [-0.39, 0.29) is 24.3 Å². The fourth-order valence-electron chi connectivity index (χ4n) is 2.12. The van der Waals surface area contributed by atoms with Gasteiger partial charge in [0.05, 0.1) is 6.54 Å². The minimum atomic E-state index is -0.190. The van der Waals surface area contributed by atoms with E-state index in [1.54, 1.807) is 0 Å². The molecule has 0 aliphatic rings. The summed E-state index contributed by atoms with van der Waals surface area (Å²) in [6, 6.07) is 7.69. The third-order valence-corrected chi connectivity index (χ3v) is 3.45. The van der Waals surface area contributed by atoms with E-state index in [0.717, 1.165) is 30.5 Å². The standard InChI is InChI=1S/C16H24N2O2/c1-4-12(5-2)16(20)17-11-15(19)18-14-10-8-7-9-13(14)6-3/h7-10,12H,4-6,11H2,1-3H3,(H,17,20)(H,18,19). The lowest BCUT2D eigenvalue weighted by Crippen LogP contribution is -2.36. The summed E-state index contributed by atoms with van der Waals surface area (Å²) >= 11 is 0. The van der Waals surface area contributed by atoms with Crippen LogP contribution < -0.4 is 10.6 Å². The normalized spacial score (nSPS) is 10.4. The number of carbonyl (C=O) groups is 2. The van der Waals surface area contributed by atoms with E-state index in [9.17, 15) is 9.59 Å². The van der Waals surface area contributed by atoms with Gasteiger partial charge in [-0.05, 0) is 30.9 Å². The molecule has 1 aromatic carbocycles. The zero-order chi connectivity index (χ0) is 15.0. The van der Waals surface area contributed by atoms with E-state index in [2.05, 4.69) is 10.6 Å².